The van der Waals surface area contributed by atoms with Crippen LogP contribution in [0.1, 0.15) is 58.4 Å². The van der Waals surface area contributed by atoms with Crippen LogP contribution in [-0.2, 0) is 35.1 Å². The quantitative estimate of drug-likeness (QED) is 0.150. The molecule has 3 N–H and O–H groups in total. The molecule has 1 aromatic carbocycles. The number of ether oxygens (including phenoxy) is 2. The number of benzene rings is 1. The molecule has 0 saturated carbocycles. The van der Waals surface area contributed by atoms with E-state index in [1.807, 2.05) is 26.0 Å². The fraction of sp³-hybridized carbons (Fsp3) is 0.655. The first-order chi connectivity index (χ1) is 19.8. The first kappa shape index (κ1) is 34.9. The van der Waals surface area contributed by atoms with Crippen molar-refractivity contribution >= 4 is 47.2 Å². The summed E-state index contributed by atoms with van der Waals surface area (Å²) < 4.78 is 11.0. The Balaban J connectivity index is 2.19. The lowest BCUT2D eigenvalue weighted by atomic mass is 10.0. The van der Waals surface area contributed by atoms with E-state index in [1.165, 1.54) is 11.8 Å². The van der Waals surface area contributed by atoms with Crippen LogP contribution in [-0.4, -0.2) is 96.8 Å². The van der Waals surface area contributed by atoms with Gasteiger partial charge in [0.25, 0.3) is 0 Å². The number of likely N-dealkylation sites (tertiary alicyclic amines) is 1. The summed E-state index contributed by atoms with van der Waals surface area (Å²) in [5.41, 5.74) is 0.883. The molecule has 1 aliphatic heterocycles. The summed E-state index contributed by atoms with van der Waals surface area (Å²) in [6, 6.07) is 4.30. The number of hydrogen-bond acceptors (Lipinski definition) is 8. The second-order valence-electron chi connectivity index (χ2n) is 9.66. The van der Waals surface area contributed by atoms with Gasteiger partial charge in [0.05, 0.1) is 13.2 Å². The van der Waals surface area contributed by atoms with Crippen LogP contribution < -0.4 is 10.6 Å². The van der Waals surface area contributed by atoms with Crippen LogP contribution in [0.15, 0.2) is 28.0 Å². The van der Waals surface area contributed by atoms with E-state index in [0.717, 1.165) is 26.9 Å². The predicted molar refractivity (Wildman–Crippen MR) is 161 cm³/mol. The number of amides is 3. The van der Waals surface area contributed by atoms with E-state index >= 15 is 0 Å². The lowest BCUT2D eigenvalue weighted by Gasteiger charge is -2.27. The minimum Gasteiger partial charge on any atom is -0.480 e. The van der Waals surface area contributed by atoms with Crippen molar-refractivity contribution in [2.24, 2.45) is 0 Å². The Morgan fingerprint density at radius 2 is 1.73 bits per heavy atom. The molecule has 0 bridgehead atoms. The average Bonchev–Trinajstić information content (AvgIpc) is 3.44. The van der Waals surface area contributed by atoms with Crippen LogP contribution in [0.5, 0.6) is 0 Å². The highest BCUT2D eigenvalue weighted by molar-refractivity contribution is 8.02. The molecular formula is C29H45N3O7S2. The minimum atomic E-state index is -1.03. The Hall–Kier alpha value is -2.28. The fourth-order valence-corrected chi connectivity index (χ4v) is 6.49. The maximum Gasteiger partial charge on any atom is 0.326 e. The van der Waals surface area contributed by atoms with Crippen molar-refractivity contribution in [2.45, 2.75) is 81.2 Å². The van der Waals surface area contributed by atoms with Crippen LogP contribution >= 0.6 is 23.5 Å². The molecule has 41 heavy (non-hydrogen) atoms. The van der Waals surface area contributed by atoms with Crippen LogP contribution in [0.4, 0.5) is 0 Å². The van der Waals surface area contributed by atoms with E-state index < -0.39 is 18.1 Å². The van der Waals surface area contributed by atoms with Crippen molar-refractivity contribution in [3.8, 4) is 0 Å². The van der Waals surface area contributed by atoms with Crippen molar-refractivity contribution in [1.82, 2.24) is 15.5 Å². The molecule has 12 heteroatoms. The molecule has 1 heterocycles. The molecule has 1 fully saturated rings. The van der Waals surface area contributed by atoms with Gasteiger partial charge in [-0.25, -0.2) is 4.79 Å². The third-order valence-electron chi connectivity index (χ3n) is 6.49. The molecule has 2 atom stereocenters. The summed E-state index contributed by atoms with van der Waals surface area (Å²) in [5.74, 6) is -0.194. The molecular weight excluding hydrogens is 566 g/mol. The summed E-state index contributed by atoms with van der Waals surface area (Å²) >= 11 is 3.40. The van der Waals surface area contributed by atoms with Gasteiger partial charge in [-0.3, -0.25) is 14.4 Å². The zero-order chi connectivity index (χ0) is 30.0. The Labute approximate surface area is 252 Å². The molecule has 1 saturated heterocycles. The zero-order valence-electron chi connectivity index (χ0n) is 24.4. The van der Waals surface area contributed by atoms with Gasteiger partial charge in [0, 0.05) is 67.4 Å². The lowest BCUT2D eigenvalue weighted by molar-refractivity contribution is -0.149. The van der Waals surface area contributed by atoms with E-state index in [9.17, 15) is 24.3 Å². The average molecular weight is 612 g/mol. The maximum atomic E-state index is 13.6. The van der Waals surface area contributed by atoms with Gasteiger partial charge < -0.3 is 30.1 Å². The number of unbranched alkanes of at least 4 members (excludes halogenated alkanes) is 1. The number of carboxylic acid groups (broad SMARTS) is 1. The summed E-state index contributed by atoms with van der Waals surface area (Å²) in [7, 11) is 0. The van der Waals surface area contributed by atoms with Gasteiger partial charge in [0.1, 0.15) is 12.1 Å². The van der Waals surface area contributed by atoms with Gasteiger partial charge in [-0.05, 0) is 57.2 Å². The highest BCUT2D eigenvalue weighted by Crippen LogP contribution is 2.32. The molecule has 1 aromatic rings. The third-order valence-corrected chi connectivity index (χ3v) is 8.67. The number of hydrogen-bond donors (Lipinski definition) is 3. The predicted octanol–water partition coefficient (Wildman–Crippen LogP) is 3.35. The molecule has 0 unspecified atom stereocenters. The van der Waals surface area contributed by atoms with Crippen LogP contribution in [0, 0.1) is 0 Å². The highest BCUT2D eigenvalue weighted by atomic mass is 32.2. The number of aliphatic carboxylic acids is 1. The number of nitrogens with zero attached hydrogens (tertiary/aromatic N) is 1. The fourth-order valence-electron chi connectivity index (χ4n) is 4.49. The van der Waals surface area contributed by atoms with Gasteiger partial charge in [0.2, 0.25) is 17.7 Å². The molecule has 2 rings (SSSR count). The third kappa shape index (κ3) is 13.1. The molecule has 0 aliphatic carbocycles. The van der Waals surface area contributed by atoms with E-state index in [0.29, 0.717) is 65.2 Å². The standard InChI is InChI=1S/C29H45N3O7S2/c1-4-38-15-17-40-25-12-11-22(20-26(25)41-18-16-39-5-2)19-23(28(35)32-14-8-9-24(32)29(36)37)31-27(34)10-6-7-13-30-21(3)33/h11-12,20,23-24H,4-10,13-19H2,1-3H3,(H,30,33)(H,31,34)(H,36,37)/t23-,24+/m1/s1. The molecule has 0 aromatic heterocycles. The van der Waals surface area contributed by atoms with Crippen LogP contribution in [0.25, 0.3) is 0 Å². The SMILES string of the molecule is CCOCCSc1ccc(C[C@@H](NC(=O)CCCCNC(C)=O)C(=O)N2CCC[C@H]2C(=O)O)cc1SCCOCC. The summed E-state index contributed by atoms with van der Waals surface area (Å²) in [6.45, 7) is 8.82. The van der Waals surface area contributed by atoms with Gasteiger partial charge in [0.15, 0.2) is 0 Å². The second-order valence-corrected chi connectivity index (χ2v) is 11.9. The molecule has 230 valence electrons. The number of nitrogens with one attached hydrogen (secondary N) is 2. The first-order valence-corrected chi connectivity index (χ1v) is 16.3. The van der Waals surface area contributed by atoms with Gasteiger partial charge in [-0.1, -0.05) is 6.07 Å². The number of carbonyl (C=O) groups is 4. The molecule has 0 radical (unpaired) electrons. The van der Waals surface area contributed by atoms with Crippen molar-refractivity contribution < 1.29 is 33.8 Å². The summed E-state index contributed by atoms with van der Waals surface area (Å²) in [6.07, 6.45) is 2.67. The summed E-state index contributed by atoms with van der Waals surface area (Å²) in [4.78, 5) is 52.9. The lowest BCUT2D eigenvalue weighted by Crippen LogP contribution is -2.52. The summed E-state index contributed by atoms with van der Waals surface area (Å²) in [5, 5.41) is 15.2. The Morgan fingerprint density at radius 3 is 2.37 bits per heavy atom. The van der Waals surface area contributed by atoms with Crippen molar-refractivity contribution in [2.75, 3.05) is 51.0 Å². The smallest absolute Gasteiger partial charge is 0.326 e. The highest BCUT2D eigenvalue weighted by Gasteiger charge is 2.37. The topological polar surface area (TPSA) is 134 Å². The van der Waals surface area contributed by atoms with Gasteiger partial charge >= 0.3 is 5.97 Å². The normalized spacial score (nSPS) is 15.5. The number of carbonyl (C=O) groups excluding carboxylic acids is 3. The Morgan fingerprint density at radius 1 is 1.05 bits per heavy atom. The van der Waals surface area contributed by atoms with E-state index in [-0.39, 0.29) is 30.6 Å². The number of carboxylic acids is 1. The first-order valence-electron chi connectivity index (χ1n) is 14.4. The largest absolute Gasteiger partial charge is 0.480 e. The van der Waals surface area contributed by atoms with Crippen molar-refractivity contribution in [1.29, 1.82) is 0 Å². The van der Waals surface area contributed by atoms with Gasteiger partial charge in [-0.2, -0.15) is 0 Å². The minimum absolute atomic E-state index is 0.118. The maximum absolute atomic E-state index is 13.6. The molecule has 10 nitrogen and oxygen atoms in total. The van der Waals surface area contributed by atoms with Gasteiger partial charge in [-0.15, -0.1) is 23.5 Å². The molecule has 3 amide bonds. The zero-order valence-corrected chi connectivity index (χ0v) is 26.1. The van der Waals surface area contributed by atoms with Crippen LogP contribution in [0.2, 0.25) is 0 Å². The number of thioether (sulfide) groups is 2. The molecule has 1 aliphatic rings. The van der Waals surface area contributed by atoms with E-state index in [1.54, 1.807) is 23.5 Å². The Kier molecular flexibility index (Phi) is 16.8. The van der Waals surface area contributed by atoms with E-state index in [4.69, 9.17) is 9.47 Å². The second kappa shape index (κ2) is 19.8. The van der Waals surface area contributed by atoms with Crippen LogP contribution in [0.3, 0.4) is 0 Å². The monoisotopic (exact) mass is 611 g/mol. The van der Waals surface area contributed by atoms with Crippen molar-refractivity contribution in [3.05, 3.63) is 23.8 Å². The van der Waals surface area contributed by atoms with Crippen molar-refractivity contribution in [3.63, 3.8) is 0 Å². The number of rotatable bonds is 20. The van der Waals surface area contributed by atoms with E-state index in [2.05, 4.69) is 16.7 Å². The molecule has 0 spiro atoms. The Bertz CT molecular complexity index is 995.